The van der Waals surface area contributed by atoms with E-state index in [4.69, 9.17) is 5.11 Å². The van der Waals surface area contributed by atoms with E-state index in [9.17, 15) is 8.78 Å². The fourth-order valence-corrected chi connectivity index (χ4v) is 1.44. The van der Waals surface area contributed by atoms with Gasteiger partial charge in [0.25, 0.3) is 5.92 Å². The van der Waals surface area contributed by atoms with Crippen molar-refractivity contribution in [2.45, 2.75) is 38.5 Å². The summed E-state index contributed by atoms with van der Waals surface area (Å²) in [6, 6.07) is 1.41. The number of aliphatic hydroxyl groups is 1. The topological polar surface area (TPSA) is 38.0 Å². The van der Waals surface area contributed by atoms with Crippen LogP contribution in [0.15, 0.2) is 6.07 Å². The van der Waals surface area contributed by atoms with Gasteiger partial charge in [0.1, 0.15) is 5.69 Å². The molecule has 0 saturated carbocycles. The van der Waals surface area contributed by atoms with Gasteiger partial charge in [0, 0.05) is 25.5 Å². The maximum atomic E-state index is 13.6. The molecule has 0 atom stereocenters. The average molecular weight is 232 g/mol. The molecule has 0 spiro atoms. The van der Waals surface area contributed by atoms with E-state index in [1.165, 1.54) is 17.8 Å². The van der Waals surface area contributed by atoms with Crippen LogP contribution in [0.5, 0.6) is 0 Å². The van der Waals surface area contributed by atoms with Gasteiger partial charge in [-0.1, -0.05) is 20.8 Å². The fraction of sp³-hybridized carbons (Fsp3) is 0.727. The van der Waals surface area contributed by atoms with E-state index in [2.05, 4.69) is 5.10 Å². The van der Waals surface area contributed by atoms with Crippen molar-refractivity contribution in [3.05, 3.63) is 17.5 Å². The Morgan fingerprint density at radius 2 is 1.94 bits per heavy atom. The molecule has 1 aromatic rings. The number of nitrogens with zero attached hydrogens (tertiary/aromatic N) is 2. The number of halogens is 2. The second kappa shape index (κ2) is 4.13. The van der Waals surface area contributed by atoms with Crippen LogP contribution >= 0.6 is 0 Å². The molecule has 1 heterocycles. The van der Waals surface area contributed by atoms with Gasteiger partial charge in [-0.3, -0.25) is 4.68 Å². The summed E-state index contributed by atoms with van der Waals surface area (Å²) in [5.74, 6) is -3.03. The van der Waals surface area contributed by atoms with Gasteiger partial charge in [-0.2, -0.15) is 13.9 Å². The smallest absolute Gasteiger partial charge is 0.291 e. The van der Waals surface area contributed by atoms with Crippen molar-refractivity contribution in [2.24, 2.45) is 7.05 Å². The SMILES string of the molecule is Cn1nc(C(C)(C)C)cc1C(F)(F)CCO. The van der Waals surface area contributed by atoms with E-state index < -0.39 is 19.0 Å². The summed E-state index contributed by atoms with van der Waals surface area (Å²) < 4.78 is 28.4. The summed E-state index contributed by atoms with van der Waals surface area (Å²) >= 11 is 0. The van der Waals surface area contributed by atoms with E-state index in [0.717, 1.165) is 0 Å². The Hall–Kier alpha value is -0.970. The highest BCUT2D eigenvalue weighted by atomic mass is 19.3. The maximum absolute atomic E-state index is 13.6. The van der Waals surface area contributed by atoms with Gasteiger partial charge in [0.05, 0.1) is 5.69 Å². The van der Waals surface area contributed by atoms with Gasteiger partial charge in [-0.05, 0) is 6.07 Å². The Kier molecular flexibility index (Phi) is 3.38. The number of alkyl halides is 2. The van der Waals surface area contributed by atoms with Crippen LogP contribution in [0.3, 0.4) is 0 Å². The predicted molar refractivity (Wildman–Crippen MR) is 57.5 cm³/mol. The van der Waals surface area contributed by atoms with Crippen molar-refractivity contribution in [3.63, 3.8) is 0 Å². The molecule has 1 aromatic heterocycles. The first-order chi connectivity index (χ1) is 7.18. The zero-order chi connectivity index (χ0) is 12.6. The first-order valence-electron chi connectivity index (χ1n) is 5.22. The number of aromatic nitrogens is 2. The lowest BCUT2D eigenvalue weighted by molar-refractivity contribution is -0.0342. The molecular formula is C11H18F2N2O. The van der Waals surface area contributed by atoms with Gasteiger partial charge in [0.2, 0.25) is 0 Å². The van der Waals surface area contributed by atoms with Crippen LogP contribution in [0.4, 0.5) is 8.78 Å². The zero-order valence-corrected chi connectivity index (χ0v) is 10.1. The molecule has 0 radical (unpaired) electrons. The zero-order valence-electron chi connectivity index (χ0n) is 10.1. The Balaban J connectivity index is 3.12. The highest BCUT2D eigenvalue weighted by molar-refractivity contribution is 5.20. The van der Waals surface area contributed by atoms with Gasteiger partial charge >= 0.3 is 0 Å². The summed E-state index contributed by atoms with van der Waals surface area (Å²) in [4.78, 5) is 0. The lowest BCUT2D eigenvalue weighted by atomic mass is 9.92. The van der Waals surface area contributed by atoms with Crippen molar-refractivity contribution >= 4 is 0 Å². The van der Waals surface area contributed by atoms with Crippen molar-refractivity contribution in [3.8, 4) is 0 Å². The molecule has 3 nitrogen and oxygen atoms in total. The Morgan fingerprint density at radius 1 is 1.38 bits per heavy atom. The highest BCUT2D eigenvalue weighted by Gasteiger charge is 2.35. The fourth-order valence-electron chi connectivity index (χ4n) is 1.44. The van der Waals surface area contributed by atoms with Crippen LogP contribution in [0, 0.1) is 0 Å². The largest absolute Gasteiger partial charge is 0.396 e. The molecule has 0 aliphatic carbocycles. The van der Waals surface area contributed by atoms with E-state index in [1.54, 1.807) is 0 Å². The summed E-state index contributed by atoms with van der Waals surface area (Å²) in [6.45, 7) is 5.22. The van der Waals surface area contributed by atoms with E-state index in [1.807, 2.05) is 20.8 Å². The van der Waals surface area contributed by atoms with Gasteiger partial charge in [0.15, 0.2) is 0 Å². The Bertz CT molecular complexity index is 367. The summed E-state index contributed by atoms with van der Waals surface area (Å²) in [5.41, 5.74) is 0.222. The quantitative estimate of drug-likeness (QED) is 0.867. The van der Waals surface area contributed by atoms with Crippen molar-refractivity contribution in [2.75, 3.05) is 6.61 Å². The standard InChI is InChI=1S/C11H18F2N2O/c1-10(2,3)8-7-9(15(4)14-8)11(12,13)5-6-16/h7,16H,5-6H2,1-4H3. The number of hydrogen-bond acceptors (Lipinski definition) is 2. The average Bonchev–Trinajstić information content (AvgIpc) is 2.46. The third-order valence-electron chi connectivity index (χ3n) is 2.45. The lowest BCUT2D eigenvalue weighted by Crippen LogP contribution is -2.19. The van der Waals surface area contributed by atoms with Gasteiger partial charge in [-0.15, -0.1) is 0 Å². The van der Waals surface area contributed by atoms with E-state index >= 15 is 0 Å². The van der Waals surface area contributed by atoms with Crippen LogP contribution in [0.1, 0.15) is 38.6 Å². The monoisotopic (exact) mass is 232 g/mol. The first-order valence-corrected chi connectivity index (χ1v) is 5.22. The van der Waals surface area contributed by atoms with E-state index in [0.29, 0.717) is 5.69 Å². The Labute approximate surface area is 94.1 Å². The number of aryl methyl sites for hydroxylation is 1. The van der Waals surface area contributed by atoms with Crippen LogP contribution in [0.25, 0.3) is 0 Å². The van der Waals surface area contributed by atoms with Crippen LogP contribution in [0.2, 0.25) is 0 Å². The molecule has 92 valence electrons. The molecule has 0 saturated heterocycles. The molecule has 0 bridgehead atoms. The normalized spacial score (nSPS) is 13.2. The second-order valence-electron chi connectivity index (χ2n) is 4.97. The molecule has 1 N–H and O–H groups in total. The molecule has 5 heteroatoms. The summed E-state index contributed by atoms with van der Waals surface area (Å²) in [5, 5.41) is 12.7. The Morgan fingerprint density at radius 3 is 2.31 bits per heavy atom. The predicted octanol–water partition coefficient (Wildman–Crippen LogP) is 2.19. The third-order valence-corrected chi connectivity index (χ3v) is 2.45. The molecule has 0 aliphatic heterocycles. The molecule has 0 unspecified atom stereocenters. The third kappa shape index (κ3) is 2.58. The molecule has 0 aliphatic rings. The lowest BCUT2D eigenvalue weighted by Gasteiger charge is -2.15. The minimum Gasteiger partial charge on any atom is -0.396 e. The highest BCUT2D eigenvalue weighted by Crippen LogP contribution is 2.33. The van der Waals surface area contributed by atoms with Crippen LogP contribution in [-0.4, -0.2) is 21.5 Å². The second-order valence-corrected chi connectivity index (χ2v) is 4.97. The minimum atomic E-state index is -3.03. The van der Waals surface area contributed by atoms with Crippen molar-refractivity contribution in [1.29, 1.82) is 0 Å². The van der Waals surface area contributed by atoms with E-state index in [-0.39, 0.29) is 11.1 Å². The van der Waals surface area contributed by atoms with Crippen molar-refractivity contribution < 1.29 is 13.9 Å². The molecular weight excluding hydrogens is 214 g/mol. The van der Waals surface area contributed by atoms with Crippen LogP contribution < -0.4 is 0 Å². The molecule has 0 aromatic carbocycles. The summed E-state index contributed by atoms with van der Waals surface area (Å²) in [7, 11) is 1.50. The summed E-state index contributed by atoms with van der Waals surface area (Å²) in [6.07, 6.45) is -0.573. The van der Waals surface area contributed by atoms with Crippen LogP contribution in [-0.2, 0) is 18.4 Å². The first kappa shape index (κ1) is 13.1. The molecule has 16 heavy (non-hydrogen) atoms. The molecule has 1 rings (SSSR count). The molecule has 0 amide bonds. The number of hydrogen-bond donors (Lipinski definition) is 1. The van der Waals surface area contributed by atoms with Gasteiger partial charge < -0.3 is 5.11 Å². The maximum Gasteiger partial charge on any atom is 0.291 e. The number of rotatable bonds is 3. The van der Waals surface area contributed by atoms with Crippen molar-refractivity contribution in [1.82, 2.24) is 9.78 Å². The molecule has 0 fully saturated rings. The minimum absolute atomic E-state index is 0.147. The van der Waals surface area contributed by atoms with Gasteiger partial charge in [-0.25, -0.2) is 0 Å². The number of aliphatic hydroxyl groups excluding tert-OH is 1.